The van der Waals surface area contributed by atoms with Gasteiger partial charge in [0.15, 0.2) is 0 Å². The molecule has 1 aromatic heterocycles. The first-order valence-corrected chi connectivity index (χ1v) is 11.8. The van der Waals surface area contributed by atoms with E-state index in [9.17, 15) is 8.42 Å². The number of hydrogen-bond donors (Lipinski definition) is 1. The van der Waals surface area contributed by atoms with Gasteiger partial charge in [0.2, 0.25) is 10.0 Å². The Kier molecular flexibility index (Phi) is 5.45. The lowest BCUT2D eigenvalue weighted by Crippen LogP contribution is -2.48. The minimum Gasteiger partial charge on any atom is -0.355 e. The highest BCUT2D eigenvalue weighted by Crippen LogP contribution is 2.30. The lowest BCUT2D eigenvalue weighted by molar-refractivity contribution is 0.504. The van der Waals surface area contributed by atoms with Crippen molar-refractivity contribution in [1.29, 1.82) is 0 Å². The van der Waals surface area contributed by atoms with Gasteiger partial charge in [-0.15, -0.1) is 0 Å². The van der Waals surface area contributed by atoms with Crippen LogP contribution in [0.15, 0.2) is 6.33 Å². The van der Waals surface area contributed by atoms with Gasteiger partial charge in [0, 0.05) is 30.4 Å². The molecule has 0 aromatic carbocycles. The second-order valence-electron chi connectivity index (χ2n) is 8.04. The van der Waals surface area contributed by atoms with E-state index in [0.717, 1.165) is 63.7 Å². The van der Waals surface area contributed by atoms with Gasteiger partial charge in [0.05, 0.1) is 5.25 Å². The van der Waals surface area contributed by atoms with E-state index in [1.165, 1.54) is 30.5 Å². The number of nitrogens with zero attached hydrogens (tertiary/aromatic N) is 3. The third-order valence-electron chi connectivity index (χ3n) is 6.15. The molecule has 1 unspecified atom stereocenters. The Bertz CT molecular complexity index is 731. The van der Waals surface area contributed by atoms with Crippen molar-refractivity contribution < 1.29 is 8.42 Å². The minimum atomic E-state index is -3.27. The van der Waals surface area contributed by atoms with Crippen LogP contribution < -0.4 is 9.62 Å². The molecule has 1 saturated heterocycles. The van der Waals surface area contributed by atoms with E-state index in [1.807, 2.05) is 0 Å². The fourth-order valence-electron chi connectivity index (χ4n) is 4.71. The van der Waals surface area contributed by atoms with Crippen LogP contribution in [0.5, 0.6) is 0 Å². The van der Waals surface area contributed by atoms with Crippen molar-refractivity contribution in [3.05, 3.63) is 17.6 Å². The van der Waals surface area contributed by atoms with Gasteiger partial charge in [-0.1, -0.05) is 19.3 Å². The Morgan fingerprint density at radius 1 is 0.962 bits per heavy atom. The van der Waals surface area contributed by atoms with Gasteiger partial charge in [-0.3, -0.25) is 0 Å². The van der Waals surface area contributed by atoms with Crippen molar-refractivity contribution in [1.82, 2.24) is 14.7 Å². The zero-order valence-corrected chi connectivity index (χ0v) is 16.3. The highest BCUT2D eigenvalue weighted by molar-refractivity contribution is 7.90. The number of rotatable bonds is 4. The molecule has 7 heteroatoms. The van der Waals surface area contributed by atoms with E-state index in [0.29, 0.717) is 6.54 Å². The maximum atomic E-state index is 12.9. The van der Waals surface area contributed by atoms with Crippen LogP contribution in [0.2, 0.25) is 0 Å². The number of fused-ring (bicyclic) bond motifs is 1. The zero-order valence-electron chi connectivity index (χ0n) is 15.5. The number of piperidine rings is 1. The third kappa shape index (κ3) is 3.88. The van der Waals surface area contributed by atoms with Crippen molar-refractivity contribution in [2.24, 2.45) is 0 Å². The van der Waals surface area contributed by atoms with Crippen LogP contribution in [0, 0.1) is 0 Å². The molecule has 6 nitrogen and oxygen atoms in total. The predicted molar refractivity (Wildman–Crippen MR) is 103 cm³/mol. The minimum absolute atomic E-state index is 0.144. The average Bonchev–Trinajstić information content (AvgIpc) is 3.02. The zero-order chi connectivity index (χ0) is 18.0. The Labute approximate surface area is 156 Å². The standard InChI is InChI=1S/C19H30N4O2S/c24-26(25,22-15-7-4-5-8-15)16-9-6-12-23(13-16)19-17-10-2-1-3-11-18(17)20-14-21-19/h14-16,22H,1-13H2. The molecular formula is C19H30N4O2S. The summed E-state index contributed by atoms with van der Waals surface area (Å²) in [7, 11) is -3.27. The van der Waals surface area contributed by atoms with Crippen molar-refractivity contribution in [3.8, 4) is 0 Å². The van der Waals surface area contributed by atoms with Gasteiger partial charge in [-0.05, 0) is 51.4 Å². The fourth-order valence-corrected chi connectivity index (χ4v) is 6.46. The molecule has 0 amide bonds. The molecule has 144 valence electrons. The maximum absolute atomic E-state index is 12.9. The van der Waals surface area contributed by atoms with E-state index in [4.69, 9.17) is 0 Å². The molecule has 3 aliphatic rings. The average molecular weight is 379 g/mol. The molecule has 2 fully saturated rings. The summed E-state index contributed by atoms with van der Waals surface area (Å²) in [6, 6.07) is 0.144. The van der Waals surface area contributed by atoms with E-state index >= 15 is 0 Å². The van der Waals surface area contributed by atoms with Crippen LogP contribution in [0.3, 0.4) is 0 Å². The smallest absolute Gasteiger partial charge is 0.216 e. The van der Waals surface area contributed by atoms with Crippen molar-refractivity contribution in [3.63, 3.8) is 0 Å². The molecule has 2 aliphatic carbocycles. The Morgan fingerprint density at radius 2 is 1.77 bits per heavy atom. The SMILES string of the molecule is O=S(=O)(NC1CCCC1)C1CCCN(c2ncnc3c2CCCCC3)C1. The monoisotopic (exact) mass is 378 g/mol. The quantitative estimate of drug-likeness (QED) is 0.815. The van der Waals surface area contributed by atoms with Crippen molar-refractivity contribution in [2.75, 3.05) is 18.0 Å². The largest absolute Gasteiger partial charge is 0.355 e. The molecule has 0 radical (unpaired) electrons. The molecule has 1 saturated carbocycles. The fraction of sp³-hybridized carbons (Fsp3) is 0.789. The van der Waals surface area contributed by atoms with Gasteiger partial charge in [-0.25, -0.2) is 23.1 Å². The van der Waals surface area contributed by atoms with Gasteiger partial charge < -0.3 is 4.90 Å². The predicted octanol–water partition coefficient (Wildman–Crippen LogP) is 2.58. The molecule has 2 heterocycles. The van der Waals surface area contributed by atoms with Crippen LogP contribution in [0.25, 0.3) is 0 Å². The summed E-state index contributed by atoms with van der Waals surface area (Å²) >= 11 is 0. The summed E-state index contributed by atoms with van der Waals surface area (Å²) < 4.78 is 28.8. The number of sulfonamides is 1. The van der Waals surface area contributed by atoms with Gasteiger partial charge in [0.25, 0.3) is 0 Å². The van der Waals surface area contributed by atoms with Crippen LogP contribution in [0.4, 0.5) is 5.82 Å². The highest BCUT2D eigenvalue weighted by atomic mass is 32.2. The molecule has 26 heavy (non-hydrogen) atoms. The van der Waals surface area contributed by atoms with Crippen LogP contribution >= 0.6 is 0 Å². The molecule has 1 atom stereocenters. The summed E-state index contributed by atoms with van der Waals surface area (Å²) in [5.41, 5.74) is 2.42. The second-order valence-corrected chi connectivity index (χ2v) is 10.0. The van der Waals surface area contributed by atoms with E-state index in [2.05, 4.69) is 19.6 Å². The van der Waals surface area contributed by atoms with Crippen molar-refractivity contribution >= 4 is 15.8 Å². The van der Waals surface area contributed by atoms with E-state index < -0.39 is 10.0 Å². The van der Waals surface area contributed by atoms with Crippen LogP contribution in [0.1, 0.15) is 69.0 Å². The number of aryl methyl sites for hydroxylation is 1. The summed E-state index contributed by atoms with van der Waals surface area (Å²) in [4.78, 5) is 11.3. The molecular weight excluding hydrogens is 348 g/mol. The summed E-state index contributed by atoms with van der Waals surface area (Å²) in [6.07, 6.45) is 13.2. The summed E-state index contributed by atoms with van der Waals surface area (Å²) in [5.74, 6) is 0.984. The number of aromatic nitrogens is 2. The normalized spacial score (nSPS) is 25.1. The molecule has 1 N–H and O–H groups in total. The third-order valence-corrected chi connectivity index (χ3v) is 8.08. The first-order valence-electron chi connectivity index (χ1n) is 10.2. The van der Waals surface area contributed by atoms with Gasteiger partial charge in [-0.2, -0.15) is 0 Å². The molecule has 0 spiro atoms. The molecule has 0 bridgehead atoms. The summed E-state index contributed by atoms with van der Waals surface area (Å²) in [6.45, 7) is 1.43. The number of hydrogen-bond acceptors (Lipinski definition) is 5. The lowest BCUT2D eigenvalue weighted by atomic mass is 10.1. The lowest BCUT2D eigenvalue weighted by Gasteiger charge is -2.35. The molecule has 4 rings (SSSR count). The maximum Gasteiger partial charge on any atom is 0.216 e. The second kappa shape index (κ2) is 7.80. The molecule has 1 aliphatic heterocycles. The van der Waals surface area contributed by atoms with Crippen LogP contribution in [-0.4, -0.2) is 42.8 Å². The van der Waals surface area contributed by atoms with Crippen molar-refractivity contribution in [2.45, 2.75) is 81.9 Å². The Hall–Kier alpha value is -1.21. The van der Waals surface area contributed by atoms with E-state index in [-0.39, 0.29) is 11.3 Å². The van der Waals surface area contributed by atoms with E-state index in [1.54, 1.807) is 6.33 Å². The number of anilines is 1. The molecule has 1 aromatic rings. The first-order chi connectivity index (χ1) is 12.6. The van der Waals surface area contributed by atoms with Crippen LogP contribution in [-0.2, 0) is 22.9 Å². The van der Waals surface area contributed by atoms with Gasteiger partial charge >= 0.3 is 0 Å². The topological polar surface area (TPSA) is 75.2 Å². The Balaban J connectivity index is 1.52. The summed E-state index contributed by atoms with van der Waals surface area (Å²) in [5, 5.41) is -0.340. The number of nitrogens with one attached hydrogen (secondary N) is 1. The van der Waals surface area contributed by atoms with Gasteiger partial charge in [0.1, 0.15) is 12.1 Å². The first kappa shape index (κ1) is 18.2. The Morgan fingerprint density at radius 3 is 2.62 bits per heavy atom. The highest BCUT2D eigenvalue weighted by Gasteiger charge is 2.34.